The number of morpholine rings is 1. The van der Waals surface area contributed by atoms with E-state index in [1.807, 2.05) is 37.4 Å². The van der Waals surface area contributed by atoms with Crippen LogP contribution in [-0.4, -0.2) is 52.3 Å². The van der Waals surface area contributed by atoms with Crippen LogP contribution in [0, 0.1) is 0 Å². The van der Waals surface area contributed by atoms with Crippen LogP contribution in [0.2, 0.25) is 0 Å². The third-order valence-electron chi connectivity index (χ3n) is 3.48. The number of hydrogen-bond acceptors (Lipinski definition) is 3. The van der Waals surface area contributed by atoms with Gasteiger partial charge in [0.15, 0.2) is 6.54 Å². The Morgan fingerprint density at radius 3 is 2.67 bits per heavy atom. The number of anilines is 2. The van der Waals surface area contributed by atoms with Gasteiger partial charge >= 0.3 is 0 Å². The molecule has 2 N–H and O–H groups in total. The Morgan fingerprint density at radius 2 is 2.05 bits per heavy atom. The zero-order valence-corrected chi connectivity index (χ0v) is 12.6. The summed E-state index contributed by atoms with van der Waals surface area (Å²) in [5.41, 5.74) is 2.01. The van der Waals surface area contributed by atoms with E-state index in [0.717, 1.165) is 43.4 Å². The molecular weight excluding hydrogens is 266 g/mol. The van der Waals surface area contributed by atoms with Gasteiger partial charge in [-0.15, -0.1) is 0 Å². The predicted molar refractivity (Wildman–Crippen MR) is 84.9 cm³/mol. The first-order chi connectivity index (χ1) is 10.2. The fraction of sp³-hybridized carbons (Fsp3) is 0.438. The van der Waals surface area contributed by atoms with Crippen LogP contribution in [-0.2, 0) is 9.53 Å². The first kappa shape index (κ1) is 15.5. The number of quaternary nitrogens is 1. The van der Waals surface area contributed by atoms with Crippen molar-refractivity contribution >= 4 is 17.3 Å². The monoisotopic (exact) mass is 290 g/mol. The van der Waals surface area contributed by atoms with Crippen LogP contribution in [0.5, 0.6) is 0 Å². The second-order valence-electron chi connectivity index (χ2n) is 5.32. The summed E-state index contributed by atoms with van der Waals surface area (Å²) in [5.74, 6) is 0.0217. The molecule has 0 saturated carbocycles. The number of ether oxygens (including phenoxy) is 1. The molecule has 0 spiro atoms. The highest BCUT2D eigenvalue weighted by molar-refractivity contribution is 5.91. The van der Waals surface area contributed by atoms with Crippen molar-refractivity contribution in [3.05, 3.63) is 36.9 Å². The van der Waals surface area contributed by atoms with Crippen LogP contribution in [0.15, 0.2) is 36.9 Å². The Morgan fingerprint density at radius 1 is 1.38 bits per heavy atom. The third-order valence-corrected chi connectivity index (χ3v) is 3.48. The number of benzene rings is 1. The first-order valence-electron chi connectivity index (χ1n) is 7.34. The van der Waals surface area contributed by atoms with E-state index in [1.54, 1.807) is 0 Å². The van der Waals surface area contributed by atoms with Gasteiger partial charge in [-0.1, -0.05) is 6.58 Å². The average molecular weight is 290 g/mol. The molecule has 1 aliphatic heterocycles. The summed E-state index contributed by atoms with van der Waals surface area (Å²) in [6.45, 7) is 8.29. The van der Waals surface area contributed by atoms with Crippen molar-refractivity contribution in [1.29, 1.82) is 0 Å². The molecule has 0 aliphatic carbocycles. The number of hydrogen-bond donors (Lipinski definition) is 2. The molecule has 1 amide bonds. The van der Waals surface area contributed by atoms with Crippen molar-refractivity contribution < 1.29 is 14.4 Å². The van der Waals surface area contributed by atoms with Crippen molar-refractivity contribution in [1.82, 2.24) is 0 Å². The van der Waals surface area contributed by atoms with Crippen molar-refractivity contribution in [2.24, 2.45) is 0 Å². The number of nitrogens with zero attached hydrogens (tertiary/aromatic N) is 1. The highest BCUT2D eigenvalue weighted by Gasteiger charge is 2.12. The first-order valence-corrected chi connectivity index (χ1v) is 7.34. The van der Waals surface area contributed by atoms with E-state index in [1.165, 1.54) is 5.69 Å². The van der Waals surface area contributed by atoms with Gasteiger partial charge in [-0.2, -0.15) is 0 Å². The molecular formula is C16H24N3O2+. The molecule has 21 heavy (non-hydrogen) atoms. The minimum atomic E-state index is 0.0217. The number of amides is 1. The molecule has 0 bridgehead atoms. The summed E-state index contributed by atoms with van der Waals surface area (Å²) in [6, 6.07) is 7.99. The molecule has 1 heterocycles. The van der Waals surface area contributed by atoms with Gasteiger partial charge in [-0.05, 0) is 30.3 Å². The summed E-state index contributed by atoms with van der Waals surface area (Å²) < 4.78 is 5.35. The average Bonchev–Trinajstić information content (AvgIpc) is 2.49. The maximum Gasteiger partial charge on any atom is 0.279 e. The van der Waals surface area contributed by atoms with Crippen molar-refractivity contribution in [2.75, 3.05) is 56.7 Å². The second-order valence-corrected chi connectivity index (χ2v) is 5.32. The molecule has 0 aromatic heterocycles. The number of rotatable bonds is 6. The van der Waals surface area contributed by atoms with E-state index in [-0.39, 0.29) is 5.91 Å². The van der Waals surface area contributed by atoms with E-state index in [9.17, 15) is 4.79 Å². The Labute approximate surface area is 126 Å². The molecule has 1 saturated heterocycles. The highest BCUT2D eigenvalue weighted by Crippen LogP contribution is 2.18. The van der Waals surface area contributed by atoms with Gasteiger partial charge < -0.3 is 19.9 Å². The summed E-state index contributed by atoms with van der Waals surface area (Å²) in [4.78, 5) is 15.3. The van der Waals surface area contributed by atoms with Crippen molar-refractivity contribution in [2.45, 2.75) is 0 Å². The Kier molecular flexibility index (Phi) is 5.78. The summed E-state index contributed by atoms with van der Waals surface area (Å²) in [5, 5.41) is 2.92. The van der Waals surface area contributed by atoms with Gasteiger partial charge in [0, 0.05) is 24.5 Å². The fourth-order valence-electron chi connectivity index (χ4n) is 2.37. The zero-order chi connectivity index (χ0) is 15.1. The van der Waals surface area contributed by atoms with E-state index in [2.05, 4.69) is 16.8 Å². The molecule has 1 aromatic carbocycles. The van der Waals surface area contributed by atoms with Gasteiger partial charge in [0.2, 0.25) is 0 Å². The van der Waals surface area contributed by atoms with Gasteiger partial charge in [-0.3, -0.25) is 4.79 Å². The standard InChI is InChI=1S/C16H23N3O2/c1-3-8-18(2)13-16(20)17-14-4-6-15(7-5-14)19-9-11-21-12-10-19/h3-7H,1,8-13H2,2H3,(H,17,20)/p+1. The highest BCUT2D eigenvalue weighted by atomic mass is 16.5. The molecule has 2 rings (SSSR count). The summed E-state index contributed by atoms with van der Waals surface area (Å²) in [6.07, 6.45) is 1.82. The minimum Gasteiger partial charge on any atom is -0.378 e. The lowest BCUT2D eigenvalue weighted by Crippen LogP contribution is -3.09. The topological polar surface area (TPSA) is 46.0 Å². The van der Waals surface area contributed by atoms with Crippen molar-refractivity contribution in [3.8, 4) is 0 Å². The quantitative estimate of drug-likeness (QED) is 0.734. The Balaban J connectivity index is 1.86. The zero-order valence-electron chi connectivity index (χ0n) is 12.6. The van der Waals surface area contributed by atoms with E-state index in [0.29, 0.717) is 6.54 Å². The molecule has 1 atom stereocenters. The maximum atomic E-state index is 11.9. The molecule has 114 valence electrons. The lowest BCUT2D eigenvalue weighted by atomic mass is 10.2. The molecule has 1 aromatic rings. The number of nitrogens with one attached hydrogen (secondary N) is 2. The van der Waals surface area contributed by atoms with Gasteiger partial charge in [-0.25, -0.2) is 0 Å². The van der Waals surface area contributed by atoms with Gasteiger partial charge in [0.25, 0.3) is 5.91 Å². The van der Waals surface area contributed by atoms with Crippen LogP contribution in [0.1, 0.15) is 0 Å². The molecule has 1 unspecified atom stereocenters. The van der Waals surface area contributed by atoms with E-state index < -0.39 is 0 Å². The number of likely N-dealkylation sites (N-methyl/N-ethyl adjacent to an activating group) is 1. The SMILES string of the molecule is C=CC[NH+](C)CC(=O)Nc1ccc(N2CCOCC2)cc1. The smallest absolute Gasteiger partial charge is 0.279 e. The van der Waals surface area contributed by atoms with Crippen LogP contribution in [0.3, 0.4) is 0 Å². The van der Waals surface area contributed by atoms with Crippen LogP contribution in [0.25, 0.3) is 0 Å². The lowest BCUT2D eigenvalue weighted by Gasteiger charge is -2.28. The lowest BCUT2D eigenvalue weighted by molar-refractivity contribution is -0.864. The molecule has 1 aliphatic rings. The minimum absolute atomic E-state index is 0.0217. The van der Waals surface area contributed by atoms with Gasteiger partial charge in [0.05, 0.1) is 26.8 Å². The molecule has 1 fully saturated rings. The Bertz CT molecular complexity index is 467. The Hall–Kier alpha value is -1.85. The van der Waals surface area contributed by atoms with E-state index in [4.69, 9.17) is 4.74 Å². The van der Waals surface area contributed by atoms with Crippen molar-refractivity contribution in [3.63, 3.8) is 0 Å². The normalized spacial score (nSPS) is 16.3. The predicted octanol–water partition coefficient (Wildman–Crippen LogP) is 0.162. The van der Waals surface area contributed by atoms with Gasteiger partial charge in [0.1, 0.15) is 0 Å². The molecule has 5 heteroatoms. The second kappa shape index (κ2) is 7.81. The largest absolute Gasteiger partial charge is 0.378 e. The van der Waals surface area contributed by atoms with Crippen LogP contribution in [0.4, 0.5) is 11.4 Å². The molecule has 0 radical (unpaired) electrons. The van der Waals surface area contributed by atoms with Crippen LogP contribution >= 0.6 is 0 Å². The molecule has 5 nitrogen and oxygen atoms in total. The number of carbonyl (C=O) groups is 1. The fourth-order valence-corrected chi connectivity index (χ4v) is 2.37. The maximum absolute atomic E-state index is 11.9. The third kappa shape index (κ3) is 4.88. The number of carbonyl (C=O) groups excluding carboxylic acids is 1. The van der Waals surface area contributed by atoms with E-state index >= 15 is 0 Å². The summed E-state index contributed by atoms with van der Waals surface area (Å²) >= 11 is 0. The summed E-state index contributed by atoms with van der Waals surface area (Å²) in [7, 11) is 1.97. The van der Waals surface area contributed by atoms with Crippen LogP contribution < -0.4 is 15.1 Å².